The van der Waals surface area contributed by atoms with Gasteiger partial charge in [0.05, 0.1) is 0 Å². The first-order valence-corrected chi connectivity index (χ1v) is 9.34. The zero-order valence-electron chi connectivity index (χ0n) is 15.9. The number of carbonyl (C=O) groups excluding carboxylic acids is 1. The van der Waals surface area contributed by atoms with Crippen molar-refractivity contribution in [1.82, 2.24) is 9.80 Å². The Morgan fingerprint density at radius 1 is 1.08 bits per heavy atom. The SMILES string of the molecule is CC1CN(Cc2ccccc2)CC(C)C1N(C)C(=O)c1cccc(N)c1. The molecule has 4 heteroatoms. The van der Waals surface area contributed by atoms with Gasteiger partial charge in [0.15, 0.2) is 0 Å². The predicted molar refractivity (Wildman–Crippen MR) is 107 cm³/mol. The minimum absolute atomic E-state index is 0.0532. The third-order valence-electron chi connectivity index (χ3n) is 5.41. The van der Waals surface area contributed by atoms with Crippen LogP contribution >= 0.6 is 0 Å². The molecule has 3 rings (SSSR count). The van der Waals surface area contributed by atoms with E-state index in [1.807, 2.05) is 30.1 Å². The molecular weight excluding hydrogens is 322 g/mol. The lowest BCUT2D eigenvalue weighted by Crippen LogP contribution is -2.55. The average Bonchev–Trinajstić information content (AvgIpc) is 2.61. The fourth-order valence-electron chi connectivity index (χ4n) is 4.41. The number of anilines is 1. The number of rotatable bonds is 4. The van der Waals surface area contributed by atoms with Crippen molar-refractivity contribution in [2.45, 2.75) is 26.4 Å². The number of nitrogen functional groups attached to an aromatic ring is 1. The molecule has 26 heavy (non-hydrogen) atoms. The Morgan fingerprint density at radius 2 is 1.73 bits per heavy atom. The van der Waals surface area contributed by atoms with Gasteiger partial charge in [0, 0.05) is 44.0 Å². The molecule has 1 fully saturated rings. The number of likely N-dealkylation sites (tertiary alicyclic amines) is 1. The van der Waals surface area contributed by atoms with Crippen LogP contribution in [0.25, 0.3) is 0 Å². The van der Waals surface area contributed by atoms with Crippen LogP contribution in [-0.2, 0) is 6.54 Å². The number of amides is 1. The Kier molecular flexibility index (Phi) is 5.62. The molecule has 138 valence electrons. The molecule has 1 heterocycles. The molecular formula is C22H29N3O. The number of hydrogen-bond acceptors (Lipinski definition) is 3. The van der Waals surface area contributed by atoms with Gasteiger partial charge in [-0.3, -0.25) is 9.69 Å². The maximum atomic E-state index is 12.9. The zero-order chi connectivity index (χ0) is 18.7. The van der Waals surface area contributed by atoms with E-state index in [1.54, 1.807) is 6.07 Å². The number of piperidine rings is 1. The molecule has 0 spiro atoms. The third kappa shape index (κ3) is 4.07. The molecule has 2 unspecified atom stereocenters. The van der Waals surface area contributed by atoms with Crippen LogP contribution < -0.4 is 5.73 Å². The number of carbonyl (C=O) groups is 1. The first kappa shape index (κ1) is 18.5. The second kappa shape index (κ2) is 7.92. The molecule has 2 atom stereocenters. The molecule has 4 nitrogen and oxygen atoms in total. The van der Waals surface area contributed by atoms with E-state index in [2.05, 4.69) is 49.1 Å². The number of nitrogens with zero attached hydrogens (tertiary/aromatic N) is 2. The van der Waals surface area contributed by atoms with Crippen LogP contribution in [0.2, 0.25) is 0 Å². The summed E-state index contributed by atoms with van der Waals surface area (Å²) in [5, 5.41) is 0. The molecule has 1 aliphatic heterocycles. The molecule has 0 bridgehead atoms. The highest BCUT2D eigenvalue weighted by molar-refractivity contribution is 5.95. The van der Waals surface area contributed by atoms with E-state index in [1.165, 1.54) is 5.56 Å². The molecule has 1 saturated heterocycles. The molecule has 2 N–H and O–H groups in total. The normalized spacial score (nSPS) is 23.6. The fourth-order valence-corrected chi connectivity index (χ4v) is 4.41. The smallest absolute Gasteiger partial charge is 0.253 e. The molecule has 0 saturated carbocycles. The summed E-state index contributed by atoms with van der Waals surface area (Å²) in [7, 11) is 1.93. The maximum Gasteiger partial charge on any atom is 0.253 e. The van der Waals surface area contributed by atoms with E-state index in [-0.39, 0.29) is 11.9 Å². The summed E-state index contributed by atoms with van der Waals surface area (Å²) in [6.07, 6.45) is 0. The molecule has 2 aromatic carbocycles. The van der Waals surface area contributed by atoms with E-state index in [0.29, 0.717) is 23.1 Å². The topological polar surface area (TPSA) is 49.6 Å². The van der Waals surface area contributed by atoms with Crippen LogP contribution in [0.1, 0.15) is 29.8 Å². The van der Waals surface area contributed by atoms with Crippen LogP contribution in [0.15, 0.2) is 54.6 Å². The van der Waals surface area contributed by atoms with Gasteiger partial charge in [0.1, 0.15) is 0 Å². The Morgan fingerprint density at radius 3 is 2.35 bits per heavy atom. The van der Waals surface area contributed by atoms with Crippen molar-refractivity contribution in [1.29, 1.82) is 0 Å². The van der Waals surface area contributed by atoms with Crippen LogP contribution in [0.5, 0.6) is 0 Å². The van der Waals surface area contributed by atoms with Gasteiger partial charge < -0.3 is 10.6 Å². The van der Waals surface area contributed by atoms with Crippen molar-refractivity contribution in [3.8, 4) is 0 Å². The van der Waals surface area contributed by atoms with Crippen molar-refractivity contribution in [3.63, 3.8) is 0 Å². The van der Waals surface area contributed by atoms with Gasteiger partial charge in [-0.15, -0.1) is 0 Å². The lowest BCUT2D eigenvalue weighted by atomic mass is 9.84. The van der Waals surface area contributed by atoms with E-state index < -0.39 is 0 Å². The van der Waals surface area contributed by atoms with Gasteiger partial charge in [-0.1, -0.05) is 50.2 Å². The van der Waals surface area contributed by atoms with E-state index >= 15 is 0 Å². The summed E-state index contributed by atoms with van der Waals surface area (Å²) in [6, 6.07) is 18.1. The highest BCUT2D eigenvalue weighted by atomic mass is 16.2. The summed E-state index contributed by atoms with van der Waals surface area (Å²) in [5.74, 6) is 0.882. The highest BCUT2D eigenvalue weighted by Crippen LogP contribution is 2.28. The molecule has 1 aliphatic rings. The van der Waals surface area contributed by atoms with Crippen LogP contribution in [0.3, 0.4) is 0 Å². The van der Waals surface area contributed by atoms with Gasteiger partial charge in [0.2, 0.25) is 0 Å². The second-order valence-corrected chi connectivity index (χ2v) is 7.67. The summed E-state index contributed by atoms with van der Waals surface area (Å²) >= 11 is 0. The zero-order valence-corrected chi connectivity index (χ0v) is 15.9. The monoisotopic (exact) mass is 351 g/mol. The predicted octanol–water partition coefficient (Wildman–Crippen LogP) is 3.50. The minimum atomic E-state index is 0.0532. The summed E-state index contributed by atoms with van der Waals surface area (Å²) in [5.41, 5.74) is 8.48. The quantitative estimate of drug-likeness (QED) is 0.858. The number of nitrogens with two attached hydrogens (primary N) is 1. The first-order chi connectivity index (χ1) is 12.5. The molecule has 1 amide bonds. The van der Waals surface area contributed by atoms with Gasteiger partial charge in [-0.05, 0) is 35.6 Å². The largest absolute Gasteiger partial charge is 0.399 e. The van der Waals surface area contributed by atoms with Gasteiger partial charge in [-0.25, -0.2) is 0 Å². The summed E-state index contributed by atoms with van der Waals surface area (Å²) in [4.78, 5) is 17.3. The van der Waals surface area contributed by atoms with E-state index in [4.69, 9.17) is 5.73 Å². The van der Waals surface area contributed by atoms with E-state index in [0.717, 1.165) is 19.6 Å². The van der Waals surface area contributed by atoms with Gasteiger partial charge in [-0.2, -0.15) is 0 Å². The standard InChI is InChI=1S/C22H29N3O/c1-16-13-25(15-18-8-5-4-6-9-18)14-17(2)21(16)24(3)22(26)19-10-7-11-20(23)12-19/h4-12,16-17,21H,13-15,23H2,1-3H3. The Labute approximate surface area is 156 Å². The van der Waals surface area contributed by atoms with Crippen LogP contribution in [-0.4, -0.2) is 41.9 Å². The Bertz CT molecular complexity index is 734. The van der Waals surface area contributed by atoms with E-state index in [9.17, 15) is 4.79 Å². The average molecular weight is 351 g/mol. The van der Waals surface area contributed by atoms with Crippen molar-refractivity contribution in [3.05, 3.63) is 65.7 Å². The van der Waals surface area contributed by atoms with Crippen molar-refractivity contribution < 1.29 is 4.79 Å². The summed E-state index contributed by atoms with van der Waals surface area (Å²) < 4.78 is 0. The Hall–Kier alpha value is -2.33. The van der Waals surface area contributed by atoms with Crippen molar-refractivity contribution in [2.24, 2.45) is 11.8 Å². The second-order valence-electron chi connectivity index (χ2n) is 7.67. The molecule has 0 aromatic heterocycles. The lowest BCUT2D eigenvalue weighted by Gasteiger charge is -2.45. The first-order valence-electron chi connectivity index (χ1n) is 9.34. The van der Waals surface area contributed by atoms with Crippen LogP contribution in [0, 0.1) is 11.8 Å². The molecule has 2 aromatic rings. The maximum absolute atomic E-state index is 12.9. The van der Waals surface area contributed by atoms with Crippen molar-refractivity contribution in [2.75, 3.05) is 25.9 Å². The van der Waals surface area contributed by atoms with Gasteiger partial charge in [0.25, 0.3) is 5.91 Å². The fraction of sp³-hybridized carbons (Fsp3) is 0.409. The highest BCUT2D eigenvalue weighted by Gasteiger charge is 2.36. The molecule has 0 radical (unpaired) electrons. The number of benzene rings is 2. The Balaban J connectivity index is 1.68. The summed E-state index contributed by atoms with van der Waals surface area (Å²) in [6.45, 7) is 7.47. The molecule has 0 aliphatic carbocycles. The number of hydrogen-bond donors (Lipinski definition) is 1. The van der Waals surface area contributed by atoms with Gasteiger partial charge >= 0.3 is 0 Å². The third-order valence-corrected chi connectivity index (χ3v) is 5.41. The van der Waals surface area contributed by atoms with Crippen molar-refractivity contribution >= 4 is 11.6 Å². The minimum Gasteiger partial charge on any atom is -0.399 e. The van der Waals surface area contributed by atoms with Crippen LogP contribution in [0.4, 0.5) is 5.69 Å². The lowest BCUT2D eigenvalue weighted by molar-refractivity contribution is 0.0271.